The van der Waals surface area contributed by atoms with Crippen LogP contribution in [0.4, 0.5) is 0 Å². The lowest BCUT2D eigenvalue weighted by molar-refractivity contribution is 0.697. The second-order valence-electron chi connectivity index (χ2n) is 3.43. The molecule has 0 aromatic heterocycles. The van der Waals surface area contributed by atoms with Gasteiger partial charge in [0.2, 0.25) is 0 Å². The van der Waals surface area contributed by atoms with E-state index in [4.69, 9.17) is 16.9 Å². The van der Waals surface area contributed by atoms with Crippen LogP contribution >= 0.6 is 11.6 Å². The van der Waals surface area contributed by atoms with E-state index < -0.39 is 0 Å². The van der Waals surface area contributed by atoms with Crippen molar-refractivity contribution in [2.45, 2.75) is 26.3 Å². The third kappa shape index (κ3) is 3.56. The highest BCUT2D eigenvalue weighted by Gasteiger charge is 2.08. The minimum Gasteiger partial charge on any atom is -0.281 e. The summed E-state index contributed by atoms with van der Waals surface area (Å²) in [4.78, 5) is 4.42. The Morgan fingerprint density at radius 2 is 2.38 bits per heavy atom. The van der Waals surface area contributed by atoms with Crippen molar-refractivity contribution in [3.8, 4) is 6.19 Å². The zero-order valence-electron chi connectivity index (χ0n) is 9.37. The molecule has 1 atom stereocenters. The molecule has 16 heavy (non-hydrogen) atoms. The first kappa shape index (κ1) is 12.5. The van der Waals surface area contributed by atoms with E-state index in [0.29, 0.717) is 10.9 Å². The molecule has 0 saturated heterocycles. The molecule has 0 aliphatic carbocycles. The molecule has 0 fully saturated rings. The largest absolute Gasteiger partial charge is 0.281 e. The monoisotopic (exact) mass is 235 g/mol. The second-order valence-corrected chi connectivity index (χ2v) is 3.87. The van der Waals surface area contributed by atoms with Gasteiger partial charge in [-0.15, -0.1) is 0 Å². The van der Waals surface area contributed by atoms with Crippen molar-refractivity contribution in [3.63, 3.8) is 0 Å². The van der Waals surface area contributed by atoms with Crippen molar-refractivity contribution in [2.24, 2.45) is 4.99 Å². The molecule has 1 aromatic carbocycles. The zero-order chi connectivity index (χ0) is 12.0. The van der Waals surface area contributed by atoms with Crippen molar-refractivity contribution < 1.29 is 0 Å². The van der Waals surface area contributed by atoms with Gasteiger partial charge in [-0.1, -0.05) is 30.7 Å². The molecule has 0 saturated carbocycles. The molecular formula is C12H14ClN3. The van der Waals surface area contributed by atoms with E-state index in [1.54, 1.807) is 6.92 Å². The molecule has 4 heteroatoms. The Balaban J connectivity index is 2.91. The number of nitrogens with one attached hydrogen (secondary N) is 1. The van der Waals surface area contributed by atoms with Crippen LogP contribution in [0, 0.1) is 11.5 Å². The van der Waals surface area contributed by atoms with Gasteiger partial charge in [0, 0.05) is 5.02 Å². The van der Waals surface area contributed by atoms with Gasteiger partial charge >= 0.3 is 0 Å². The summed E-state index contributed by atoms with van der Waals surface area (Å²) in [7, 11) is 0. The SMILES string of the molecule is CCC(N=C(C)NC#N)c1cccc(Cl)c1. The lowest BCUT2D eigenvalue weighted by Crippen LogP contribution is -2.14. The van der Waals surface area contributed by atoms with Crippen LogP contribution < -0.4 is 5.32 Å². The Hall–Kier alpha value is -1.53. The van der Waals surface area contributed by atoms with Crippen LogP contribution in [0.3, 0.4) is 0 Å². The van der Waals surface area contributed by atoms with Crippen LogP contribution in [0.25, 0.3) is 0 Å². The standard InChI is InChI=1S/C12H14ClN3/c1-3-12(16-9(2)15-8-14)10-5-4-6-11(13)7-10/h4-7,12H,3H2,1-2H3,(H,15,16). The third-order valence-electron chi connectivity index (χ3n) is 2.21. The van der Waals surface area contributed by atoms with Gasteiger partial charge in [-0.3, -0.25) is 10.3 Å². The van der Waals surface area contributed by atoms with E-state index in [2.05, 4.69) is 17.2 Å². The summed E-state index contributed by atoms with van der Waals surface area (Å²) in [5.74, 6) is 0.620. The van der Waals surface area contributed by atoms with Crippen molar-refractivity contribution in [2.75, 3.05) is 0 Å². The van der Waals surface area contributed by atoms with Gasteiger partial charge in [0.1, 0.15) is 5.84 Å². The van der Waals surface area contributed by atoms with Gasteiger partial charge in [-0.05, 0) is 31.0 Å². The van der Waals surface area contributed by atoms with E-state index in [0.717, 1.165) is 12.0 Å². The Bertz CT molecular complexity index is 421. The topological polar surface area (TPSA) is 48.2 Å². The fourth-order valence-electron chi connectivity index (χ4n) is 1.46. The van der Waals surface area contributed by atoms with E-state index >= 15 is 0 Å². The predicted octanol–water partition coefficient (Wildman–Crippen LogP) is 3.28. The van der Waals surface area contributed by atoms with Gasteiger partial charge in [-0.25, -0.2) is 0 Å². The fourth-order valence-corrected chi connectivity index (χ4v) is 1.66. The Labute approximate surface area is 101 Å². The number of benzene rings is 1. The van der Waals surface area contributed by atoms with E-state index in [-0.39, 0.29) is 6.04 Å². The number of nitrogens with zero attached hydrogens (tertiary/aromatic N) is 2. The summed E-state index contributed by atoms with van der Waals surface area (Å²) in [6.07, 6.45) is 2.72. The quantitative estimate of drug-likeness (QED) is 0.378. The fraction of sp³-hybridized carbons (Fsp3) is 0.333. The zero-order valence-corrected chi connectivity index (χ0v) is 10.1. The first-order valence-electron chi connectivity index (χ1n) is 5.12. The molecule has 1 rings (SSSR count). The highest BCUT2D eigenvalue weighted by molar-refractivity contribution is 6.30. The third-order valence-corrected chi connectivity index (χ3v) is 2.44. The molecule has 0 aliphatic rings. The molecule has 1 unspecified atom stereocenters. The van der Waals surface area contributed by atoms with Crippen molar-refractivity contribution >= 4 is 17.4 Å². The minimum atomic E-state index is 0.0412. The van der Waals surface area contributed by atoms with Crippen molar-refractivity contribution in [1.82, 2.24) is 5.32 Å². The molecule has 0 spiro atoms. The van der Waals surface area contributed by atoms with Crippen LogP contribution in [0.1, 0.15) is 31.9 Å². The van der Waals surface area contributed by atoms with Gasteiger partial charge in [0.15, 0.2) is 6.19 Å². The predicted molar refractivity (Wildman–Crippen MR) is 66.3 cm³/mol. The molecule has 3 nitrogen and oxygen atoms in total. The molecule has 0 heterocycles. The minimum absolute atomic E-state index is 0.0412. The van der Waals surface area contributed by atoms with Gasteiger partial charge < -0.3 is 0 Å². The molecule has 1 aromatic rings. The summed E-state index contributed by atoms with van der Waals surface area (Å²) in [5, 5.41) is 11.7. The van der Waals surface area contributed by atoms with Crippen molar-refractivity contribution in [1.29, 1.82) is 5.26 Å². The Kier molecular flexibility index (Phi) is 4.81. The maximum Gasteiger partial charge on any atom is 0.182 e. The van der Waals surface area contributed by atoms with E-state index in [1.807, 2.05) is 30.5 Å². The number of nitriles is 1. The number of halogens is 1. The number of rotatable bonds is 3. The lowest BCUT2D eigenvalue weighted by atomic mass is 10.1. The molecule has 1 N–H and O–H groups in total. The van der Waals surface area contributed by atoms with Crippen molar-refractivity contribution in [3.05, 3.63) is 34.9 Å². The average molecular weight is 236 g/mol. The van der Waals surface area contributed by atoms with E-state index in [1.165, 1.54) is 0 Å². The normalized spacial score (nSPS) is 13.0. The summed E-state index contributed by atoms with van der Waals surface area (Å²) >= 11 is 5.93. The molecule has 0 radical (unpaired) electrons. The molecular weight excluding hydrogens is 222 g/mol. The van der Waals surface area contributed by atoms with Crippen LogP contribution in [0.2, 0.25) is 5.02 Å². The summed E-state index contributed by atoms with van der Waals surface area (Å²) in [6.45, 7) is 3.82. The van der Waals surface area contributed by atoms with Gasteiger partial charge in [0.05, 0.1) is 6.04 Å². The molecule has 0 bridgehead atoms. The number of hydrogen-bond acceptors (Lipinski definition) is 2. The van der Waals surface area contributed by atoms with Crippen LogP contribution in [-0.2, 0) is 0 Å². The summed E-state index contributed by atoms with van der Waals surface area (Å²) in [5.41, 5.74) is 1.06. The Morgan fingerprint density at radius 1 is 1.62 bits per heavy atom. The van der Waals surface area contributed by atoms with Crippen LogP contribution in [0.5, 0.6) is 0 Å². The average Bonchev–Trinajstić information content (AvgIpc) is 2.26. The maximum atomic E-state index is 8.47. The Morgan fingerprint density at radius 3 is 2.94 bits per heavy atom. The first-order chi connectivity index (χ1) is 7.67. The van der Waals surface area contributed by atoms with Crippen LogP contribution in [-0.4, -0.2) is 5.84 Å². The first-order valence-corrected chi connectivity index (χ1v) is 5.50. The second kappa shape index (κ2) is 6.14. The molecule has 0 aliphatic heterocycles. The van der Waals surface area contributed by atoms with E-state index in [9.17, 15) is 0 Å². The summed E-state index contributed by atoms with van der Waals surface area (Å²) < 4.78 is 0. The number of hydrogen-bond donors (Lipinski definition) is 1. The molecule has 84 valence electrons. The highest BCUT2D eigenvalue weighted by atomic mass is 35.5. The number of aliphatic imine (C=N–C) groups is 1. The van der Waals surface area contributed by atoms with Gasteiger partial charge in [-0.2, -0.15) is 5.26 Å². The van der Waals surface area contributed by atoms with Crippen LogP contribution in [0.15, 0.2) is 29.3 Å². The van der Waals surface area contributed by atoms with Gasteiger partial charge in [0.25, 0.3) is 0 Å². The summed E-state index contributed by atoms with van der Waals surface area (Å²) in [6, 6.07) is 7.67. The smallest absolute Gasteiger partial charge is 0.182 e. The molecule has 0 amide bonds. The number of amidine groups is 1. The highest BCUT2D eigenvalue weighted by Crippen LogP contribution is 2.23. The maximum absolute atomic E-state index is 8.47. The lowest BCUT2D eigenvalue weighted by Gasteiger charge is -2.11.